The van der Waals surface area contributed by atoms with Gasteiger partial charge in [-0.3, -0.25) is 0 Å². The zero-order valence-electron chi connectivity index (χ0n) is 8.20. The maximum absolute atomic E-state index is 11.3. The lowest BCUT2D eigenvalue weighted by Gasteiger charge is -1.95. The molecule has 0 atom stereocenters. The van der Waals surface area contributed by atoms with Crippen LogP contribution in [0.15, 0.2) is 36.1 Å². The number of esters is 1. The lowest BCUT2D eigenvalue weighted by atomic mass is 10.2. The number of hydrogen-bond donors (Lipinski definition) is 1. The summed E-state index contributed by atoms with van der Waals surface area (Å²) >= 11 is 0. The molecule has 1 aromatic rings. The third kappa shape index (κ3) is 1.84. The van der Waals surface area contributed by atoms with E-state index < -0.39 is 5.97 Å². The Morgan fingerprint density at radius 3 is 3.20 bits per heavy atom. The molecule has 0 radical (unpaired) electrons. The van der Waals surface area contributed by atoms with Gasteiger partial charge in [0, 0.05) is 6.20 Å². The molecule has 1 aliphatic carbocycles. The fourth-order valence-electron chi connectivity index (χ4n) is 1.28. The van der Waals surface area contributed by atoms with Crippen molar-refractivity contribution in [2.75, 3.05) is 7.11 Å². The van der Waals surface area contributed by atoms with Gasteiger partial charge in [-0.25, -0.2) is 4.79 Å². The number of rotatable bonds is 1. The number of fused-ring (bicyclic) bond motifs is 1. The predicted octanol–water partition coefficient (Wildman–Crippen LogP) is -0.00110. The summed E-state index contributed by atoms with van der Waals surface area (Å²) in [4.78, 5) is 14.3. The third-order valence-electron chi connectivity index (χ3n) is 2.01. The minimum absolute atomic E-state index is 0.395. The second kappa shape index (κ2) is 3.89. The van der Waals surface area contributed by atoms with Crippen LogP contribution >= 0.6 is 0 Å². The highest BCUT2D eigenvalue weighted by atomic mass is 16.5. The van der Waals surface area contributed by atoms with Crippen molar-refractivity contribution >= 4 is 17.4 Å². The van der Waals surface area contributed by atoms with E-state index in [1.54, 1.807) is 24.4 Å². The molecule has 1 aliphatic rings. The smallest absolute Gasteiger partial charge is 0.345 e. The number of carbonyl (C=O) groups is 1. The summed E-state index contributed by atoms with van der Waals surface area (Å²) in [5, 5.41) is 1.61. The van der Waals surface area contributed by atoms with E-state index in [4.69, 9.17) is 0 Å². The van der Waals surface area contributed by atoms with Crippen LogP contribution in [0.25, 0.3) is 11.5 Å². The van der Waals surface area contributed by atoms with Gasteiger partial charge in [-0.15, -0.1) is 0 Å². The van der Waals surface area contributed by atoms with Crippen molar-refractivity contribution in [3.63, 3.8) is 0 Å². The van der Waals surface area contributed by atoms with Crippen LogP contribution in [-0.4, -0.2) is 18.1 Å². The molecule has 0 bridgehead atoms. The molecule has 0 aliphatic heterocycles. The minimum atomic E-state index is -0.395. The molecule has 1 N–H and O–H groups in total. The van der Waals surface area contributed by atoms with Gasteiger partial charge in [-0.1, -0.05) is 17.5 Å². The van der Waals surface area contributed by atoms with E-state index in [0.29, 0.717) is 5.57 Å². The minimum Gasteiger partial charge on any atom is -0.465 e. The number of carbonyl (C=O) groups excluding carboxylic acids is 1. The van der Waals surface area contributed by atoms with Crippen molar-refractivity contribution in [2.45, 2.75) is 0 Å². The van der Waals surface area contributed by atoms with Gasteiger partial charge in [0.2, 0.25) is 0 Å². The van der Waals surface area contributed by atoms with Crippen LogP contribution in [0.5, 0.6) is 0 Å². The SMILES string of the molecule is COC(=O)C1=C=c2cc[nH]c2=C=C/C=C\1. The van der Waals surface area contributed by atoms with Gasteiger partial charge < -0.3 is 9.72 Å². The van der Waals surface area contributed by atoms with Gasteiger partial charge in [0.15, 0.2) is 0 Å². The van der Waals surface area contributed by atoms with Gasteiger partial charge in [0.25, 0.3) is 0 Å². The third-order valence-corrected chi connectivity index (χ3v) is 2.01. The highest BCUT2D eigenvalue weighted by molar-refractivity contribution is 5.94. The summed E-state index contributed by atoms with van der Waals surface area (Å²) < 4.78 is 4.64. The highest BCUT2D eigenvalue weighted by Gasteiger charge is 2.04. The molecule has 0 saturated heterocycles. The number of H-pyrrole nitrogens is 1. The molecule has 0 unspecified atom stereocenters. The summed E-state index contributed by atoms with van der Waals surface area (Å²) in [5.41, 5.74) is 6.40. The highest BCUT2D eigenvalue weighted by Crippen LogP contribution is 1.98. The van der Waals surface area contributed by atoms with Crippen LogP contribution in [0.1, 0.15) is 0 Å². The Hall–Kier alpha value is -2.21. The molecule has 3 heteroatoms. The van der Waals surface area contributed by atoms with Crippen LogP contribution in [-0.2, 0) is 9.53 Å². The Bertz CT molecular complexity index is 606. The second-order valence-electron chi connectivity index (χ2n) is 2.97. The van der Waals surface area contributed by atoms with Crippen LogP contribution in [0.2, 0.25) is 0 Å². The molecule has 3 nitrogen and oxygen atoms in total. The van der Waals surface area contributed by atoms with Crippen LogP contribution in [0.3, 0.4) is 0 Å². The van der Waals surface area contributed by atoms with E-state index in [9.17, 15) is 4.79 Å². The molecular weight excluding hydrogens is 190 g/mol. The molecule has 0 amide bonds. The zero-order chi connectivity index (χ0) is 10.7. The normalized spacial score (nSPS) is 14.9. The predicted molar refractivity (Wildman–Crippen MR) is 56.1 cm³/mol. The first-order chi connectivity index (χ1) is 7.31. The Morgan fingerprint density at radius 2 is 2.40 bits per heavy atom. The van der Waals surface area contributed by atoms with Crippen LogP contribution < -0.4 is 10.6 Å². The van der Waals surface area contributed by atoms with Crippen molar-refractivity contribution in [2.24, 2.45) is 0 Å². The zero-order valence-corrected chi connectivity index (χ0v) is 8.20. The van der Waals surface area contributed by atoms with Gasteiger partial charge in [0.1, 0.15) is 5.57 Å². The number of nitrogens with one attached hydrogen (secondary N) is 1. The first-order valence-electron chi connectivity index (χ1n) is 4.47. The second-order valence-corrected chi connectivity index (χ2v) is 2.97. The van der Waals surface area contributed by atoms with E-state index in [2.05, 4.69) is 21.2 Å². The quantitative estimate of drug-likeness (QED) is 0.647. The Morgan fingerprint density at radius 1 is 1.53 bits per heavy atom. The van der Waals surface area contributed by atoms with Crippen molar-refractivity contribution in [3.8, 4) is 0 Å². The van der Waals surface area contributed by atoms with E-state index in [0.717, 1.165) is 10.6 Å². The van der Waals surface area contributed by atoms with Crippen molar-refractivity contribution in [1.29, 1.82) is 0 Å². The van der Waals surface area contributed by atoms with E-state index >= 15 is 0 Å². The van der Waals surface area contributed by atoms with E-state index in [1.165, 1.54) is 7.11 Å². The Kier molecular flexibility index (Phi) is 2.42. The first-order valence-corrected chi connectivity index (χ1v) is 4.47. The summed E-state index contributed by atoms with van der Waals surface area (Å²) in [6.45, 7) is 0. The lowest BCUT2D eigenvalue weighted by molar-refractivity contribution is -0.135. The van der Waals surface area contributed by atoms with Crippen LogP contribution in [0.4, 0.5) is 0 Å². The fraction of sp³-hybridized carbons (Fsp3) is 0.0833. The summed E-state index contributed by atoms with van der Waals surface area (Å²) in [7, 11) is 1.35. The number of allylic oxidation sites excluding steroid dienone is 2. The molecule has 1 heterocycles. The number of aromatic amines is 1. The first kappa shape index (κ1) is 9.35. The fourth-order valence-corrected chi connectivity index (χ4v) is 1.28. The molecule has 0 fully saturated rings. The topological polar surface area (TPSA) is 42.1 Å². The monoisotopic (exact) mass is 199 g/mol. The summed E-state index contributed by atoms with van der Waals surface area (Å²) in [6.07, 6.45) is 6.88. The van der Waals surface area contributed by atoms with Gasteiger partial charge >= 0.3 is 5.97 Å². The maximum atomic E-state index is 11.3. The molecule has 2 rings (SSSR count). The molecule has 0 aromatic carbocycles. The van der Waals surface area contributed by atoms with E-state index in [1.807, 2.05) is 6.07 Å². The lowest BCUT2D eigenvalue weighted by Crippen LogP contribution is -2.20. The average Bonchev–Trinajstić information content (AvgIpc) is 2.63. The molecule has 0 saturated carbocycles. The largest absolute Gasteiger partial charge is 0.465 e. The number of hydrogen-bond acceptors (Lipinski definition) is 2. The van der Waals surface area contributed by atoms with Crippen LogP contribution in [0, 0.1) is 0 Å². The Balaban J connectivity index is 2.81. The van der Waals surface area contributed by atoms with Gasteiger partial charge in [0.05, 0.1) is 17.7 Å². The maximum Gasteiger partial charge on any atom is 0.345 e. The van der Waals surface area contributed by atoms with Crippen molar-refractivity contribution in [1.82, 2.24) is 4.98 Å². The number of ether oxygens (including phenoxy) is 1. The standard InChI is InChI=1S/C12H9NO2/c1-15-12(14)10-4-2-3-5-11-9(8-10)6-7-13-11/h2-4,6-7,13H,1H3/b4-2-. The van der Waals surface area contributed by atoms with E-state index in [-0.39, 0.29) is 0 Å². The molecule has 0 spiro atoms. The van der Waals surface area contributed by atoms with Gasteiger partial charge in [-0.2, -0.15) is 0 Å². The summed E-state index contributed by atoms with van der Waals surface area (Å²) in [5.74, 6) is -0.395. The molecular formula is C12H9NO2. The molecule has 15 heavy (non-hydrogen) atoms. The molecule has 1 aromatic heterocycles. The number of aromatic nitrogens is 1. The number of methoxy groups -OCH3 is 1. The molecule has 74 valence electrons. The average molecular weight is 199 g/mol. The summed E-state index contributed by atoms with van der Waals surface area (Å²) in [6, 6.07) is 1.83. The Labute approximate surface area is 86.4 Å². The van der Waals surface area contributed by atoms with Gasteiger partial charge in [-0.05, 0) is 18.2 Å². The van der Waals surface area contributed by atoms with Crippen molar-refractivity contribution < 1.29 is 9.53 Å². The van der Waals surface area contributed by atoms with Crippen molar-refractivity contribution in [3.05, 3.63) is 46.6 Å².